The number of likely N-dealkylation sites (N-methyl/N-ethyl adjacent to an activating group) is 1. The molecule has 24 heavy (non-hydrogen) atoms. The van der Waals surface area contributed by atoms with E-state index in [0.29, 0.717) is 28.1 Å². The highest BCUT2D eigenvalue weighted by Crippen LogP contribution is 2.49. The molecule has 1 aromatic rings. The number of anilines is 1. The molecule has 0 unspecified atom stereocenters. The van der Waals surface area contributed by atoms with Gasteiger partial charge in [-0.05, 0) is 55.2 Å². The largest absolute Gasteiger partial charge is 0.336 e. The highest BCUT2D eigenvalue weighted by molar-refractivity contribution is 6.42. The highest BCUT2D eigenvalue weighted by Gasteiger charge is 2.40. The third-order valence-corrected chi connectivity index (χ3v) is 6.07. The van der Waals surface area contributed by atoms with Gasteiger partial charge in [0.15, 0.2) is 0 Å². The molecule has 2 aliphatic carbocycles. The van der Waals surface area contributed by atoms with Crippen molar-refractivity contribution in [1.29, 1.82) is 0 Å². The summed E-state index contributed by atoms with van der Waals surface area (Å²) in [6.45, 7) is 0.0416. The second kappa shape index (κ2) is 7.32. The van der Waals surface area contributed by atoms with Crippen LogP contribution in [0.25, 0.3) is 0 Å². The maximum atomic E-state index is 12.4. The number of benzene rings is 1. The lowest BCUT2D eigenvalue weighted by Crippen LogP contribution is -2.36. The minimum Gasteiger partial charge on any atom is -0.336 e. The van der Waals surface area contributed by atoms with Crippen LogP contribution in [0.2, 0.25) is 10.0 Å². The molecule has 0 aliphatic heterocycles. The Morgan fingerprint density at radius 3 is 2.62 bits per heavy atom. The van der Waals surface area contributed by atoms with E-state index in [9.17, 15) is 9.59 Å². The summed E-state index contributed by atoms with van der Waals surface area (Å²) in [7, 11) is 1.68. The molecular formula is C18H22Cl2N2O2. The molecule has 1 aromatic carbocycles. The highest BCUT2D eigenvalue weighted by atomic mass is 35.5. The molecule has 0 aromatic heterocycles. The van der Waals surface area contributed by atoms with Gasteiger partial charge in [0.1, 0.15) is 0 Å². The Balaban J connectivity index is 1.48. The van der Waals surface area contributed by atoms with Gasteiger partial charge in [0.2, 0.25) is 11.8 Å². The number of nitrogens with zero attached hydrogens (tertiary/aromatic N) is 1. The van der Waals surface area contributed by atoms with E-state index in [0.717, 1.165) is 11.8 Å². The summed E-state index contributed by atoms with van der Waals surface area (Å²) in [6.07, 6.45) is 5.64. The number of rotatable bonds is 5. The van der Waals surface area contributed by atoms with E-state index >= 15 is 0 Å². The van der Waals surface area contributed by atoms with E-state index in [2.05, 4.69) is 5.32 Å². The Kier molecular flexibility index (Phi) is 5.36. The molecule has 2 amide bonds. The number of carbonyl (C=O) groups excluding carboxylic acids is 2. The molecule has 2 fully saturated rings. The fraction of sp³-hybridized carbons (Fsp3) is 0.556. The summed E-state index contributed by atoms with van der Waals surface area (Å²) in [5, 5.41) is 3.56. The van der Waals surface area contributed by atoms with E-state index in [1.807, 2.05) is 0 Å². The van der Waals surface area contributed by atoms with Crippen molar-refractivity contribution in [2.24, 2.45) is 17.8 Å². The lowest BCUT2D eigenvalue weighted by molar-refractivity contribution is -0.134. The zero-order valence-electron chi connectivity index (χ0n) is 13.7. The third kappa shape index (κ3) is 4.04. The van der Waals surface area contributed by atoms with Crippen LogP contribution in [-0.4, -0.2) is 30.3 Å². The lowest BCUT2D eigenvalue weighted by Gasteiger charge is -2.24. The number of carbonyl (C=O) groups is 2. The van der Waals surface area contributed by atoms with Crippen LogP contribution < -0.4 is 5.32 Å². The minimum absolute atomic E-state index is 0.0416. The molecule has 3 atom stereocenters. The van der Waals surface area contributed by atoms with Crippen LogP contribution in [0, 0.1) is 17.8 Å². The maximum absolute atomic E-state index is 12.4. The van der Waals surface area contributed by atoms with E-state index < -0.39 is 0 Å². The summed E-state index contributed by atoms with van der Waals surface area (Å²) in [5.74, 6) is 1.87. The second-order valence-electron chi connectivity index (χ2n) is 7.07. The van der Waals surface area contributed by atoms with E-state index in [1.54, 1.807) is 25.2 Å². The number of fused-ring (bicyclic) bond motifs is 2. The number of hydrogen-bond acceptors (Lipinski definition) is 2. The average Bonchev–Trinajstić information content (AvgIpc) is 3.13. The fourth-order valence-corrected chi connectivity index (χ4v) is 4.38. The summed E-state index contributed by atoms with van der Waals surface area (Å²) >= 11 is 11.8. The molecule has 1 N–H and O–H groups in total. The van der Waals surface area contributed by atoms with Gasteiger partial charge in [-0.2, -0.15) is 0 Å². The van der Waals surface area contributed by atoms with Crippen molar-refractivity contribution in [2.75, 3.05) is 18.9 Å². The Hall–Kier alpha value is -1.26. The van der Waals surface area contributed by atoms with Gasteiger partial charge in [-0.3, -0.25) is 9.59 Å². The van der Waals surface area contributed by atoms with Crippen molar-refractivity contribution in [3.05, 3.63) is 28.2 Å². The molecule has 2 bridgehead atoms. The molecule has 0 spiro atoms. The SMILES string of the molecule is CN(CC(=O)Nc1ccc(Cl)c(Cl)c1)C(=O)C[C@@H]1C[C@@H]2CC[C@@H]1C2. The third-order valence-electron chi connectivity index (χ3n) is 5.33. The zero-order chi connectivity index (χ0) is 17.3. The fourth-order valence-electron chi connectivity index (χ4n) is 4.08. The quantitative estimate of drug-likeness (QED) is 0.845. The first-order valence-corrected chi connectivity index (χ1v) is 9.17. The first-order chi connectivity index (χ1) is 11.4. The molecule has 3 rings (SSSR count). The van der Waals surface area contributed by atoms with Gasteiger partial charge in [-0.1, -0.05) is 29.6 Å². The Bertz CT molecular complexity index is 650. The molecule has 0 saturated heterocycles. The van der Waals surface area contributed by atoms with Crippen LogP contribution in [0.15, 0.2) is 18.2 Å². The van der Waals surface area contributed by atoms with Crippen LogP contribution in [0.5, 0.6) is 0 Å². The molecular weight excluding hydrogens is 347 g/mol. The van der Waals surface area contributed by atoms with Crippen molar-refractivity contribution in [3.63, 3.8) is 0 Å². The van der Waals surface area contributed by atoms with Gasteiger partial charge in [-0.25, -0.2) is 0 Å². The minimum atomic E-state index is -0.239. The normalized spacial score (nSPS) is 24.9. The smallest absolute Gasteiger partial charge is 0.243 e. The standard InChI is InChI=1S/C18H22Cl2N2O2/c1-22(18(24)8-13-7-11-2-3-12(13)6-11)10-17(23)21-14-4-5-15(19)16(20)9-14/h4-5,9,11-13H,2-3,6-8,10H2,1H3,(H,21,23)/t11-,12-,13+/m1/s1. The number of nitrogens with one attached hydrogen (secondary N) is 1. The van der Waals surface area contributed by atoms with E-state index in [1.165, 1.54) is 30.6 Å². The first-order valence-electron chi connectivity index (χ1n) is 8.41. The summed E-state index contributed by atoms with van der Waals surface area (Å²) in [6, 6.07) is 4.91. The van der Waals surface area contributed by atoms with Crippen LogP contribution in [-0.2, 0) is 9.59 Å². The molecule has 0 radical (unpaired) electrons. The van der Waals surface area contributed by atoms with Crippen LogP contribution in [0.4, 0.5) is 5.69 Å². The Labute approximate surface area is 152 Å². The maximum Gasteiger partial charge on any atom is 0.243 e. The molecule has 0 heterocycles. The molecule has 130 valence electrons. The summed E-state index contributed by atoms with van der Waals surface area (Å²) in [5.41, 5.74) is 0.573. The molecule has 2 saturated carbocycles. The lowest BCUT2D eigenvalue weighted by atomic mass is 9.86. The predicted octanol–water partition coefficient (Wildman–Crippen LogP) is 4.22. The van der Waals surface area contributed by atoms with Crippen molar-refractivity contribution in [1.82, 2.24) is 4.90 Å². The average molecular weight is 369 g/mol. The van der Waals surface area contributed by atoms with Gasteiger partial charge in [-0.15, -0.1) is 0 Å². The molecule has 2 aliphatic rings. The molecule has 6 heteroatoms. The topological polar surface area (TPSA) is 49.4 Å². The zero-order valence-corrected chi connectivity index (χ0v) is 15.2. The summed E-state index contributed by atoms with van der Waals surface area (Å²) in [4.78, 5) is 26.0. The van der Waals surface area contributed by atoms with E-state index in [4.69, 9.17) is 23.2 Å². The van der Waals surface area contributed by atoms with Gasteiger partial charge < -0.3 is 10.2 Å². The number of halogens is 2. The van der Waals surface area contributed by atoms with Crippen molar-refractivity contribution >= 4 is 40.7 Å². The van der Waals surface area contributed by atoms with Gasteiger partial charge in [0, 0.05) is 19.2 Å². The van der Waals surface area contributed by atoms with Crippen LogP contribution in [0.3, 0.4) is 0 Å². The van der Waals surface area contributed by atoms with Gasteiger partial charge >= 0.3 is 0 Å². The monoisotopic (exact) mass is 368 g/mol. The number of amides is 2. The van der Waals surface area contributed by atoms with Crippen molar-refractivity contribution < 1.29 is 9.59 Å². The van der Waals surface area contributed by atoms with Crippen LogP contribution >= 0.6 is 23.2 Å². The van der Waals surface area contributed by atoms with Crippen molar-refractivity contribution in [3.8, 4) is 0 Å². The van der Waals surface area contributed by atoms with Crippen molar-refractivity contribution in [2.45, 2.75) is 32.1 Å². The Morgan fingerprint density at radius 1 is 1.21 bits per heavy atom. The Morgan fingerprint density at radius 2 is 2.00 bits per heavy atom. The summed E-state index contributed by atoms with van der Waals surface area (Å²) < 4.78 is 0. The number of hydrogen-bond donors (Lipinski definition) is 1. The van der Waals surface area contributed by atoms with Gasteiger partial charge in [0.25, 0.3) is 0 Å². The predicted molar refractivity (Wildman–Crippen MR) is 96.3 cm³/mol. The van der Waals surface area contributed by atoms with Gasteiger partial charge in [0.05, 0.1) is 16.6 Å². The first kappa shape index (κ1) is 17.6. The second-order valence-corrected chi connectivity index (χ2v) is 7.88. The van der Waals surface area contributed by atoms with E-state index in [-0.39, 0.29) is 18.4 Å². The van der Waals surface area contributed by atoms with Crippen LogP contribution in [0.1, 0.15) is 32.1 Å². The molecule has 4 nitrogen and oxygen atoms in total.